The molecule has 0 spiro atoms. The van der Waals surface area contributed by atoms with E-state index >= 15 is 0 Å². The van der Waals surface area contributed by atoms with Crippen molar-refractivity contribution in [1.29, 1.82) is 0 Å². The molecule has 0 bridgehead atoms. The topological polar surface area (TPSA) is 58.9 Å². The summed E-state index contributed by atoms with van der Waals surface area (Å²) < 4.78 is 0. The van der Waals surface area contributed by atoms with E-state index in [-0.39, 0.29) is 30.9 Å². The fourth-order valence-electron chi connectivity index (χ4n) is 0.798. The quantitative estimate of drug-likeness (QED) is 0.562. The number of benzene rings is 1. The molecule has 1 aromatic carbocycles. The van der Waals surface area contributed by atoms with Crippen LogP contribution in [0.3, 0.4) is 0 Å². The largest absolute Gasteiger partial charge is 0.505 e. The third-order valence-electron chi connectivity index (χ3n) is 1.59. The molecule has 96 valence electrons. The highest BCUT2D eigenvalue weighted by Crippen LogP contribution is 2.47. The summed E-state index contributed by atoms with van der Waals surface area (Å²) in [5.74, 6) is -0.363. The molecule has 0 unspecified atom stereocenters. The Labute approximate surface area is 127 Å². The minimum atomic E-state index is -0.363. The van der Waals surface area contributed by atoms with Crippen LogP contribution in [0.15, 0.2) is 19.0 Å². The maximum Gasteiger partial charge on any atom is 0.155 e. The van der Waals surface area contributed by atoms with Crippen molar-refractivity contribution in [2.45, 2.75) is 0 Å². The Balaban J connectivity index is 0.000000225. The fraction of sp³-hybridized carbons (Fsp3) is 0. The number of hydrogen-bond donors (Lipinski definition) is 1. The molecule has 0 aliphatic rings. The summed E-state index contributed by atoms with van der Waals surface area (Å²) in [4.78, 5) is 10.7. The van der Waals surface area contributed by atoms with Gasteiger partial charge in [-0.05, 0) is 0 Å². The summed E-state index contributed by atoms with van der Waals surface area (Å²) in [5.41, 5.74) is 0. The summed E-state index contributed by atoms with van der Waals surface area (Å²) in [6, 6.07) is 0. The van der Waals surface area contributed by atoms with E-state index in [4.69, 9.17) is 58.0 Å². The molecule has 2 aromatic rings. The van der Waals surface area contributed by atoms with Crippen LogP contribution in [0.4, 0.5) is 0 Å². The van der Waals surface area contributed by atoms with Gasteiger partial charge >= 0.3 is 0 Å². The van der Waals surface area contributed by atoms with Gasteiger partial charge < -0.3 is 5.11 Å². The van der Waals surface area contributed by atoms with E-state index in [1.807, 2.05) is 0 Å². The van der Waals surface area contributed by atoms with Gasteiger partial charge in [0, 0.05) is 0 Å². The lowest BCUT2D eigenvalue weighted by Crippen LogP contribution is -1.78. The van der Waals surface area contributed by atoms with Gasteiger partial charge in [0.25, 0.3) is 0 Å². The van der Waals surface area contributed by atoms with Crippen LogP contribution in [0, 0.1) is 0 Å². The summed E-state index contributed by atoms with van der Waals surface area (Å²) >= 11 is 27.9. The maximum absolute atomic E-state index is 9.20. The van der Waals surface area contributed by atoms with Crippen molar-refractivity contribution in [3.63, 3.8) is 0 Å². The summed E-state index contributed by atoms with van der Waals surface area (Å²) in [6.45, 7) is 0. The Morgan fingerprint density at radius 2 is 0.889 bits per heavy atom. The highest BCUT2D eigenvalue weighted by atomic mass is 35.5. The fourth-order valence-corrected chi connectivity index (χ4v) is 1.93. The second kappa shape index (κ2) is 7.16. The van der Waals surface area contributed by atoms with Crippen molar-refractivity contribution in [1.82, 2.24) is 15.0 Å². The first kappa shape index (κ1) is 15.5. The molecule has 18 heavy (non-hydrogen) atoms. The van der Waals surface area contributed by atoms with Crippen LogP contribution in [0.5, 0.6) is 5.75 Å². The van der Waals surface area contributed by atoms with E-state index in [1.165, 1.54) is 19.0 Å². The molecule has 0 radical (unpaired) electrons. The van der Waals surface area contributed by atoms with Crippen LogP contribution in [-0.4, -0.2) is 20.1 Å². The van der Waals surface area contributed by atoms with Gasteiger partial charge in [0.2, 0.25) is 0 Å². The molecule has 4 nitrogen and oxygen atoms in total. The number of halogens is 5. The minimum Gasteiger partial charge on any atom is -0.505 e. The molecule has 0 saturated carbocycles. The monoisotopic (exact) mass is 345 g/mol. The van der Waals surface area contributed by atoms with Crippen molar-refractivity contribution in [3.05, 3.63) is 44.1 Å². The molecule has 1 heterocycles. The second-order valence-corrected chi connectivity index (χ2v) is 4.60. The standard InChI is InChI=1S/C6HCl5O.C3H3N3/c7-1-2(8)4(10)6(12)5(11)3(1)9;1-4-2-6-3-5-1/h12H;1-3H. The zero-order valence-corrected chi connectivity index (χ0v) is 12.2. The summed E-state index contributed by atoms with van der Waals surface area (Å²) in [5, 5.41) is 9.01. The molecule has 1 aromatic heterocycles. The van der Waals surface area contributed by atoms with Gasteiger partial charge in [-0.1, -0.05) is 58.0 Å². The molecule has 0 saturated heterocycles. The van der Waals surface area contributed by atoms with Gasteiger partial charge in [0.05, 0.1) is 15.1 Å². The molecule has 0 aliphatic heterocycles. The summed E-state index contributed by atoms with van der Waals surface area (Å²) in [7, 11) is 0. The summed E-state index contributed by atoms with van der Waals surface area (Å²) in [6.07, 6.45) is 4.31. The number of phenols is 1. The van der Waals surface area contributed by atoms with Crippen molar-refractivity contribution in [3.8, 4) is 5.75 Å². The number of hydrogen-bond acceptors (Lipinski definition) is 4. The highest BCUT2D eigenvalue weighted by molar-refractivity contribution is 6.55. The van der Waals surface area contributed by atoms with Gasteiger partial charge in [-0.3, -0.25) is 0 Å². The third kappa shape index (κ3) is 3.73. The third-order valence-corrected chi connectivity index (χ3v) is 3.84. The Morgan fingerprint density at radius 3 is 1.17 bits per heavy atom. The maximum atomic E-state index is 9.20. The SMILES string of the molecule is Oc1c(Cl)c(Cl)c(Cl)c(Cl)c1Cl.c1ncncn1. The molecular weight excluding hydrogens is 343 g/mol. The van der Waals surface area contributed by atoms with E-state index in [9.17, 15) is 5.11 Å². The van der Waals surface area contributed by atoms with Crippen molar-refractivity contribution in [2.24, 2.45) is 0 Å². The number of rotatable bonds is 0. The van der Waals surface area contributed by atoms with Crippen LogP contribution >= 0.6 is 58.0 Å². The van der Waals surface area contributed by atoms with E-state index in [2.05, 4.69) is 15.0 Å². The Kier molecular flexibility index (Phi) is 6.18. The lowest BCUT2D eigenvalue weighted by atomic mass is 10.3. The Morgan fingerprint density at radius 1 is 0.611 bits per heavy atom. The van der Waals surface area contributed by atoms with Gasteiger partial charge in [-0.15, -0.1) is 0 Å². The Bertz CT molecular complexity index is 406. The first-order valence-corrected chi connectivity index (χ1v) is 6.11. The van der Waals surface area contributed by atoms with Gasteiger partial charge in [0.1, 0.15) is 29.0 Å². The molecule has 2 rings (SSSR count). The number of aromatic hydroxyl groups is 1. The average molecular weight is 347 g/mol. The predicted octanol–water partition coefficient (Wildman–Crippen LogP) is 4.53. The lowest BCUT2D eigenvalue weighted by Gasteiger charge is -2.06. The first-order chi connectivity index (χ1) is 8.46. The second-order valence-electron chi connectivity index (χ2n) is 2.71. The van der Waals surface area contributed by atoms with Gasteiger partial charge in [0.15, 0.2) is 5.75 Å². The molecule has 0 amide bonds. The van der Waals surface area contributed by atoms with E-state index in [1.54, 1.807) is 0 Å². The van der Waals surface area contributed by atoms with Crippen molar-refractivity contribution >= 4 is 58.0 Å². The van der Waals surface area contributed by atoms with E-state index < -0.39 is 0 Å². The van der Waals surface area contributed by atoms with Gasteiger partial charge in [-0.25, -0.2) is 15.0 Å². The molecule has 9 heteroatoms. The minimum absolute atomic E-state index is 0.00904. The van der Waals surface area contributed by atoms with Crippen LogP contribution in [0.25, 0.3) is 0 Å². The normalized spacial score (nSPS) is 9.61. The number of aromatic nitrogens is 3. The molecular formula is C9H4Cl5N3O. The number of nitrogens with zero attached hydrogens (tertiary/aromatic N) is 3. The van der Waals surface area contributed by atoms with Crippen LogP contribution in [-0.2, 0) is 0 Å². The smallest absolute Gasteiger partial charge is 0.155 e. The van der Waals surface area contributed by atoms with Crippen LogP contribution in [0.1, 0.15) is 0 Å². The predicted molar refractivity (Wildman–Crippen MR) is 73.0 cm³/mol. The van der Waals surface area contributed by atoms with Gasteiger partial charge in [-0.2, -0.15) is 0 Å². The molecule has 1 N–H and O–H groups in total. The Hall–Kier alpha value is -0.520. The van der Waals surface area contributed by atoms with Crippen LogP contribution in [0.2, 0.25) is 25.1 Å². The van der Waals surface area contributed by atoms with E-state index in [0.29, 0.717) is 0 Å². The van der Waals surface area contributed by atoms with E-state index in [0.717, 1.165) is 0 Å². The lowest BCUT2D eigenvalue weighted by molar-refractivity contribution is 0.476. The van der Waals surface area contributed by atoms with Crippen LogP contribution < -0.4 is 0 Å². The molecule has 0 aliphatic carbocycles. The molecule has 0 atom stereocenters. The number of phenolic OH excluding ortho intramolecular Hbond substituents is 1. The average Bonchev–Trinajstić information content (AvgIpc) is 2.43. The first-order valence-electron chi connectivity index (χ1n) is 4.22. The zero-order valence-electron chi connectivity index (χ0n) is 8.41. The molecule has 0 fully saturated rings. The highest BCUT2D eigenvalue weighted by Gasteiger charge is 2.18. The zero-order chi connectivity index (χ0) is 13.7. The van der Waals surface area contributed by atoms with Crippen molar-refractivity contribution < 1.29 is 5.11 Å². The van der Waals surface area contributed by atoms with Crippen molar-refractivity contribution in [2.75, 3.05) is 0 Å².